The summed E-state index contributed by atoms with van der Waals surface area (Å²) in [7, 11) is 0. The lowest BCUT2D eigenvalue weighted by molar-refractivity contribution is 0.0177. The molecule has 1 saturated heterocycles. The van der Waals surface area contributed by atoms with Crippen molar-refractivity contribution in [2.24, 2.45) is 5.92 Å². The normalized spacial score (nSPS) is 16.1. The molecular formula is C25H31N5O2. The van der Waals surface area contributed by atoms with E-state index in [0.717, 1.165) is 40.7 Å². The van der Waals surface area contributed by atoms with Gasteiger partial charge in [-0.05, 0) is 75.8 Å². The van der Waals surface area contributed by atoms with E-state index in [0.29, 0.717) is 19.0 Å². The molecule has 7 nitrogen and oxygen atoms in total. The quantitative estimate of drug-likeness (QED) is 0.614. The zero-order valence-electron chi connectivity index (χ0n) is 19.2. The lowest BCUT2D eigenvalue weighted by Crippen LogP contribution is -2.43. The van der Waals surface area contributed by atoms with E-state index in [1.54, 1.807) is 18.6 Å². The molecule has 168 valence electrons. The zero-order valence-corrected chi connectivity index (χ0v) is 19.2. The third-order valence-corrected chi connectivity index (χ3v) is 5.79. The molecule has 3 heterocycles. The van der Waals surface area contributed by atoms with Crippen molar-refractivity contribution in [1.82, 2.24) is 19.9 Å². The molecule has 1 unspecified atom stereocenters. The van der Waals surface area contributed by atoms with E-state index < -0.39 is 5.60 Å². The Balaban J connectivity index is 1.53. The van der Waals surface area contributed by atoms with Crippen molar-refractivity contribution in [1.29, 1.82) is 0 Å². The van der Waals surface area contributed by atoms with Gasteiger partial charge in [0, 0.05) is 43.6 Å². The van der Waals surface area contributed by atoms with Crippen LogP contribution in [0.2, 0.25) is 0 Å². The van der Waals surface area contributed by atoms with Crippen molar-refractivity contribution in [2.45, 2.75) is 52.2 Å². The summed E-state index contributed by atoms with van der Waals surface area (Å²) in [6.07, 6.45) is 8.70. The van der Waals surface area contributed by atoms with Crippen molar-refractivity contribution in [3.8, 4) is 0 Å². The Hall–Kier alpha value is -3.22. The van der Waals surface area contributed by atoms with Crippen molar-refractivity contribution in [3.63, 3.8) is 0 Å². The Kier molecular flexibility index (Phi) is 6.26. The number of nitrogens with one attached hydrogen (secondary N) is 1. The number of aryl methyl sites for hydroxylation is 1. The number of ether oxygens (including phenoxy) is 1. The molecule has 0 spiro atoms. The molecule has 1 aromatic carbocycles. The molecular weight excluding hydrogens is 402 g/mol. The molecule has 1 aliphatic rings. The van der Waals surface area contributed by atoms with Crippen LogP contribution in [-0.4, -0.2) is 44.6 Å². The number of carbonyl (C=O) groups is 1. The molecule has 1 fully saturated rings. The van der Waals surface area contributed by atoms with Gasteiger partial charge in [-0.25, -0.2) is 4.79 Å². The number of amides is 1. The number of benzene rings is 1. The number of nitrogens with zero attached hydrogens (tertiary/aromatic N) is 4. The van der Waals surface area contributed by atoms with Gasteiger partial charge in [-0.2, -0.15) is 0 Å². The van der Waals surface area contributed by atoms with Gasteiger partial charge in [0.25, 0.3) is 0 Å². The smallest absolute Gasteiger partial charge is 0.410 e. The van der Waals surface area contributed by atoms with E-state index in [9.17, 15) is 4.79 Å². The first-order valence-corrected chi connectivity index (χ1v) is 11.2. The summed E-state index contributed by atoms with van der Waals surface area (Å²) in [4.78, 5) is 27.6. The third-order valence-electron chi connectivity index (χ3n) is 5.79. The van der Waals surface area contributed by atoms with Crippen LogP contribution in [0.5, 0.6) is 0 Å². The summed E-state index contributed by atoms with van der Waals surface area (Å²) in [5.41, 5.74) is 4.55. The van der Waals surface area contributed by atoms with Crippen molar-refractivity contribution in [3.05, 3.63) is 60.2 Å². The molecule has 0 bridgehead atoms. The summed E-state index contributed by atoms with van der Waals surface area (Å²) in [5, 5.41) is 3.74. The Labute approximate surface area is 189 Å². The average Bonchev–Trinajstić information content (AvgIpc) is 2.77. The van der Waals surface area contributed by atoms with Gasteiger partial charge in [0.15, 0.2) is 0 Å². The number of likely N-dealkylation sites (tertiary alicyclic amines) is 1. The van der Waals surface area contributed by atoms with Gasteiger partial charge in [0.1, 0.15) is 5.60 Å². The van der Waals surface area contributed by atoms with E-state index in [2.05, 4.69) is 45.4 Å². The van der Waals surface area contributed by atoms with Gasteiger partial charge in [0.05, 0.1) is 17.1 Å². The molecule has 2 aromatic heterocycles. The van der Waals surface area contributed by atoms with E-state index in [4.69, 9.17) is 4.74 Å². The molecule has 32 heavy (non-hydrogen) atoms. The van der Waals surface area contributed by atoms with E-state index in [1.807, 2.05) is 37.9 Å². The number of pyridine rings is 1. The van der Waals surface area contributed by atoms with Crippen LogP contribution in [0.15, 0.2) is 49.1 Å². The van der Waals surface area contributed by atoms with Gasteiger partial charge in [-0.3, -0.25) is 15.0 Å². The van der Waals surface area contributed by atoms with Gasteiger partial charge < -0.3 is 15.0 Å². The number of rotatable bonds is 4. The minimum Gasteiger partial charge on any atom is -0.444 e. The number of fused-ring (bicyclic) bond motifs is 1. The molecule has 0 saturated carbocycles. The molecule has 1 N–H and O–H groups in total. The fourth-order valence-electron chi connectivity index (χ4n) is 4.29. The Morgan fingerprint density at radius 2 is 1.91 bits per heavy atom. The number of carbonyl (C=O) groups excluding carboxylic acids is 1. The predicted octanol–water partition coefficient (Wildman–Crippen LogP) is 5.13. The van der Waals surface area contributed by atoms with Crippen LogP contribution in [0, 0.1) is 12.8 Å². The minimum atomic E-state index is -0.482. The number of hydrogen-bond acceptors (Lipinski definition) is 6. The Morgan fingerprint density at radius 3 is 2.59 bits per heavy atom. The lowest BCUT2D eigenvalue weighted by atomic mass is 9.85. The number of hydrogen-bond donors (Lipinski definition) is 1. The molecule has 0 aliphatic carbocycles. The molecule has 4 rings (SSSR count). The fourth-order valence-corrected chi connectivity index (χ4v) is 4.29. The van der Waals surface area contributed by atoms with Crippen LogP contribution in [0.3, 0.4) is 0 Å². The summed E-state index contributed by atoms with van der Waals surface area (Å²) in [5.74, 6) is 0.357. The number of anilines is 1. The van der Waals surface area contributed by atoms with Crippen LogP contribution in [-0.2, 0) is 4.74 Å². The molecule has 1 aliphatic heterocycles. The monoisotopic (exact) mass is 433 g/mol. The van der Waals surface area contributed by atoms with E-state index >= 15 is 0 Å². The largest absolute Gasteiger partial charge is 0.444 e. The third kappa shape index (κ3) is 5.15. The maximum Gasteiger partial charge on any atom is 0.410 e. The van der Waals surface area contributed by atoms with Gasteiger partial charge >= 0.3 is 6.09 Å². The topological polar surface area (TPSA) is 80.2 Å². The molecule has 7 heteroatoms. The van der Waals surface area contributed by atoms with Gasteiger partial charge in [-0.15, -0.1) is 0 Å². The van der Waals surface area contributed by atoms with E-state index in [-0.39, 0.29) is 12.1 Å². The van der Waals surface area contributed by atoms with Crippen LogP contribution < -0.4 is 5.32 Å². The minimum absolute atomic E-state index is 0.0815. The van der Waals surface area contributed by atoms with Crippen LogP contribution in [0.1, 0.15) is 50.8 Å². The Morgan fingerprint density at radius 1 is 1.16 bits per heavy atom. The van der Waals surface area contributed by atoms with E-state index in [1.165, 1.54) is 0 Å². The van der Waals surface area contributed by atoms with Crippen LogP contribution >= 0.6 is 0 Å². The predicted molar refractivity (Wildman–Crippen MR) is 125 cm³/mol. The highest BCUT2D eigenvalue weighted by atomic mass is 16.6. The standard InChI is InChI=1S/C25H31N5O2/c1-17-14-20(15-21-22(17)28-11-10-27-21)29-23(19-6-5-9-26-16-19)18-7-12-30(13-8-18)24(31)32-25(2,3)4/h5-6,9-11,14-16,18,23,29H,7-8,12-13H2,1-4H3. The highest BCUT2D eigenvalue weighted by Crippen LogP contribution is 2.35. The first kappa shape index (κ1) is 22.0. The summed E-state index contributed by atoms with van der Waals surface area (Å²) in [6.45, 7) is 9.11. The molecule has 3 aromatic rings. The maximum absolute atomic E-state index is 12.5. The molecule has 1 amide bonds. The second-order valence-corrected chi connectivity index (χ2v) is 9.43. The number of aromatic nitrogens is 3. The highest BCUT2D eigenvalue weighted by Gasteiger charge is 2.31. The Bertz CT molecular complexity index is 1070. The first-order chi connectivity index (χ1) is 15.3. The van der Waals surface area contributed by atoms with Gasteiger partial charge in [-0.1, -0.05) is 6.07 Å². The molecule has 0 radical (unpaired) electrons. The lowest BCUT2D eigenvalue weighted by Gasteiger charge is -2.37. The van der Waals surface area contributed by atoms with Crippen molar-refractivity contribution >= 4 is 22.8 Å². The van der Waals surface area contributed by atoms with Crippen molar-refractivity contribution < 1.29 is 9.53 Å². The second-order valence-electron chi connectivity index (χ2n) is 9.43. The highest BCUT2D eigenvalue weighted by molar-refractivity contribution is 5.81. The first-order valence-electron chi connectivity index (χ1n) is 11.2. The average molecular weight is 434 g/mol. The summed E-state index contributed by atoms with van der Waals surface area (Å²) < 4.78 is 5.56. The summed E-state index contributed by atoms with van der Waals surface area (Å²) >= 11 is 0. The number of piperidine rings is 1. The van der Waals surface area contributed by atoms with Crippen molar-refractivity contribution in [2.75, 3.05) is 18.4 Å². The second kappa shape index (κ2) is 9.10. The van der Waals surface area contributed by atoms with Crippen LogP contribution in [0.4, 0.5) is 10.5 Å². The maximum atomic E-state index is 12.5. The van der Waals surface area contributed by atoms with Crippen LogP contribution in [0.25, 0.3) is 11.0 Å². The van der Waals surface area contributed by atoms with Gasteiger partial charge in [0.2, 0.25) is 0 Å². The summed E-state index contributed by atoms with van der Waals surface area (Å²) in [6, 6.07) is 8.33. The zero-order chi connectivity index (χ0) is 22.7. The fraction of sp³-hybridized carbons (Fsp3) is 0.440. The molecule has 1 atom stereocenters. The SMILES string of the molecule is Cc1cc(NC(c2cccnc2)C2CCN(C(=O)OC(C)(C)C)CC2)cc2nccnc12.